The van der Waals surface area contributed by atoms with Gasteiger partial charge in [-0.05, 0) is 47.6 Å². The number of nitrogens with zero attached hydrogens (tertiary/aromatic N) is 4. The Kier molecular flexibility index (Phi) is 11.7. The summed E-state index contributed by atoms with van der Waals surface area (Å²) in [5.74, 6) is -2.99. The lowest BCUT2D eigenvalue weighted by Crippen LogP contribution is -2.76. The van der Waals surface area contributed by atoms with Crippen molar-refractivity contribution in [2.24, 2.45) is 5.16 Å². The molecule has 0 aliphatic carbocycles. The first-order valence-electron chi connectivity index (χ1n) is 19.8. The molecule has 4 aromatic rings. The Bertz CT molecular complexity index is 2080. The molecule has 3 fully saturated rings. The summed E-state index contributed by atoms with van der Waals surface area (Å²) in [4.78, 5) is 52.3. The molecule has 0 bridgehead atoms. The summed E-state index contributed by atoms with van der Waals surface area (Å²) in [5, 5.41) is 24.4. The fourth-order valence-electron chi connectivity index (χ4n) is 8.66. The molecule has 4 atom stereocenters. The van der Waals surface area contributed by atoms with E-state index in [9.17, 15) is 24.0 Å². The van der Waals surface area contributed by atoms with Crippen LogP contribution in [0.1, 0.15) is 61.4 Å². The summed E-state index contributed by atoms with van der Waals surface area (Å²) in [7, 11) is 0. The maximum atomic E-state index is 14.3. The van der Waals surface area contributed by atoms with E-state index < -0.39 is 52.2 Å². The predicted octanol–water partition coefficient (Wildman–Crippen LogP) is 3.84. The van der Waals surface area contributed by atoms with Gasteiger partial charge in [0, 0.05) is 24.6 Å². The Morgan fingerprint density at radius 3 is 2.16 bits per heavy atom. The number of quaternary nitrogens is 1. The number of rotatable bonds is 14. The zero-order valence-corrected chi connectivity index (χ0v) is 33.8. The summed E-state index contributed by atoms with van der Waals surface area (Å²) in [6, 6.07) is 28.8. The molecule has 15 heteroatoms. The first-order chi connectivity index (χ1) is 28.2. The first kappa shape index (κ1) is 39.8. The third-order valence-electron chi connectivity index (χ3n) is 11.7. The lowest BCUT2D eigenvalue weighted by Gasteiger charge is -2.50. The number of hydrogen-bond acceptors (Lipinski definition) is 11. The molecule has 3 unspecified atom stereocenters. The molecule has 0 radical (unpaired) electrons. The van der Waals surface area contributed by atoms with Crippen LogP contribution in [-0.2, 0) is 40.7 Å². The van der Waals surface area contributed by atoms with E-state index in [0.29, 0.717) is 34.8 Å². The molecule has 2 N–H and O–H groups in total. The largest absolute Gasteiger partial charge is 0.614 e. The number of thiazole rings is 1. The number of oxime groups is 1. The van der Waals surface area contributed by atoms with Crippen molar-refractivity contribution in [2.75, 3.05) is 43.9 Å². The number of likely N-dealkylation sites (N-methyl/N-ethyl adjacent to an activating group) is 1. The van der Waals surface area contributed by atoms with Crippen LogP contribution in [0.2, 0.25) is 0 Å². The van der Waals surface area contributed by atoms with Gasteiger partial charge in [-0.25, -0.2) is 4.98 Å². The molecule has 8 rings (SSSR count). The van der Waals surface area contributed by atoms with Gasteiger partial charge < -0.3 is 39.1 Å². The Balaban J connectivity index is 1.10. The summed E-state index contributed by atoms with van der Waals surface area (Å²) in [6.45, 7) is 5.50. The third kappa shape index (κ3) is 7.64. The second kappa shape index (κ2) is 17.0. The normalized spacial score (nSPS) is 23.2. The Labute approximate surface area is 344 Å². The van der Waals surface area contributed by atoms with Crippen LogP contribution in [0.3, 0.4) is 0 Å². The molecular weight excluding hydrogens is 777 g/mol. The molecule has 0 saturated carbocycles. The number of fused-ring (bicyclic) bond motifs is 1. The molecule has 0 spiro atoms. The zero-order valence-electron chi connectivity index (χ0n) is 32.2. The minimum atomic E-state index is -1.69. The highest BCUT2D eigenvalue weighted by molar-refractivity contribution is 7.92. The fourth-order valence-corrected chi connectivity index (χ4v) is 11.1. The van der Waals surface area contributed by atoms with Gasteiger partial charge in [0.25, 0.3) is 11.8 Å². The van der Waals surface area contributed by atoms with Gasteiger partial charge in [0.15, 0.2) is 16.9 Å². The number of aromatic nitrogens is 1. The van der Waals surface area contributed by atoms with Gasteiger partial charge in [0.05, 0.1) is 43.5 Å². The monoisotopic (exact) mass is 822 g/mol. The van der Waals surface area contributed by atoms with Gasteiger partial charge in [0.1, 0.15) is 23.5 Å². The minimum Gasteiger partial charge on any atom is -0.614 e. The molecule has 58 heavy (non-hydrogen) atoms. The highest BCUT2D eigenvalue weighted by Crippen LogP contribution is 2.41. The van der Waals surface area contributed by atoms with E-state index in [2.05, 4.69) is 22.7 Å². The molecule has 2 amide bonds. The lowest BCUT2D eigenvalue weighted by molar-refractivity contribution is -0.910. The number of benzene rings is 3. The molecule has 3 aromatic carbocycles. The third-order valence-corrected chi connectivity index (χ3v) is 14.1. The van der Waals surface area contributed by atoms with Gasteiger partial charge in [-0.15, -0.1) is 11.3 Å². The molecule has 302 valence electrons. The maximum Gasteiger partial charge on any atom is 0.276 e. The predicted molar refractivity (Wildman–Crippen MR) is 218 cm³/mol. The number of likely N-dealkylation sites (tertiary alicyclic amines) is 1. The van der Waals surface area contributed by atoms with E-state index in [0.717, 1.165) is 66.9 Å². The van der Waals surface area contributed by atoms with E-state index >= 15 is 0 Å². The molecular formula is C43H46N6O7S2. The molecule has 5 heterocycles. The number of hydrogen-bond donors (Lipinski definition) is 2. The van der Waals surface area contributed by atoms with E-state index in [4.69, 9.17) is 14.6 Å². The topological polar surface area (TPSA) is 168 Å². The number of ether oxygens (including phenoxy) is 1. The number of carboxylic acids is 1. The van der Waals surface area contributed by atoms with Gasteiger partial charge in [-0.2, -0.15) is 0 Å². The van der Waals surface area contributed by atoms with Gasteiger partial charge >= 0.3 is 0 Å². The van der Waals surface area contributed by atoms with Crippen LogP contribution >= 0.6 is 11.3 Å². The Morgan fingerprint density at radius 2 is 1.60 bits per heavy atom. The van der Waals surface area contributed by atoms with Crippen LogP contribution in [0.25, 0.3) is 0 Å². The van der Waals surface area contributed by atoms with Crippen LogP contribution in [0.4, 0.5) is 5.13 Å². The Morgan fingerprint density at radius 1 is 0.983 bits per heavy atom. The van der Waals surface area contributed by atoms with Crippen LogP contribution in [-0.4, -0.2) is 98.7 Å². The molecule has 4 aliphatic heterocycles. The van der Waals surface area contributed by atoms with Gasteiger partial charge in [-0.3, -0.25) is 14.5 Å². The van der Waals surface area contributed by atoms with E-state index in [-0.39, 0.29) is 22.9 Å². The first-order valence-corrected chi connectivity index (χ1v) is 22.0. The molecule has 4 aliphatic rings. The van der Waals surface area contributed by atoms with E-state index in [1.165, 1.54) is 11.3 Å². The SMILES string of the molecule is CC[N+]1(CC2=C(C(=O)[O-])N3C(=O)C(NC(=O)C(=NOC4CCCCO4)c4csc(NC(c5ccccc5)(c5ccccc5)c5ccccc5)n4)[C@@H]3[S+]([O-])C2)CCCC1. The maximum absolute atomic E-state index is 14.3. The van der Waals surface area contributed by atoms with Crippen molar-refractivity contribution in [3.8, 4) is 0 Å². The van der Waals surface area contributed by atoms with E-state index in [1.807, 2.05) is 91.0 Å². The number of carbonyl (C=O) groups is 3. The lowest BCUT2D eigenvalue weighted by atomic mass is 9.77. The number of aliphatic carboxylic acids is 1. The molecule has 3 saturated heterocycles. The fraction of sp³-hybridized carbons (Fsp3) is 0.372. The summed E-state index contributed by atoms with van der Waals surface area (Å²) < 4.78 is 20.2. The van der Waals surface area contributed by atoms with Crippen LogP contribution in [0, 0.1) is 0 Å². The van der Waals surface area contributed by atoms with Crippen molar-refractivity contribution in [3.63, 3.8) is 0 Å². The highest BCUT2D eigenvalue weighted by atomic mass is 32.2. The van der Waals surface area contributed by atoms with Crippen molar-refractivity contribution in [1.82, 2.24) is 15.2 Å². The Hall–Kier alpha value is -5.06. The van der Waals surface area contributed by atoms with Crippen molar-refractivity contribution >= 4 is 51.1 Å². The molecule has 1 aromatic heterocycles. The zero-order chi connectivity index (χ0) is 40.3. The number of carbonyl (C=O) groups excluding carboxylic acids is 3. The highest BCUT2D eigenvalue weighted by Gasteiger charge is 2.60. The minimum absolute atomic E-state index is 0.0275. The number of anilines is 1. The van der Waals surface area contributed by atoms with Crippen LogP contribution < -0.4 is 15.7 Å². The van der Waals surface area contributed by atoms with Gasteiger partial charge in [-0.1, -0.05) is 96.2 Å². The quantitative estimate of drug-likeness (QED) is 0.0480. The smallest absolute Gasteiger partial charge is 0.276 e. The number of amides is 2. The number of β-lactam (4-membered cyclic amide) rings is 1. The number of nitrogens with one attached hydrogen (secondary N) is 2. The van der Waals surface area contributed by atoms with Crippen molar-refractivity contribution in [2.45, 2.75) is 62.3 Å². The average molecular weight is 823 g/mol. The second-order valence-corrected chi connectivity index (χ2v) is 17.5. The number of carboxylic acid groups (broad SMARTS) is 1. The summed E-state index contributed by atoms with van der Waals surface area (Å²) >= 11 is -0.424. The van der Waals surface area contributed by atoms with Crippen molar-refractivity contribution in [3.05, 3.63) is 130 Å². The summed E-state index contributed by atoms with van der Waals surface area (Å²) in [5.41, 5.74) is 2.16. The molecule has 13 nitrogen and oxygen atoms in total. The van der Waals surface area contributed by atoms with Crippen molar-refractivity contribution in [1.29, 1.82) is 0 Å². The van der Waals surface area contributed by atoms with Crippen molar-refractivity contribution < 1.29 is 38.1 Å². The van der Waals surface area contributed by atoms with Gasteiger partial charge in [0.2, 0.25) is 11.7 Å². The van der Waals surface area contributed by atoms with E-state index in [1.54, 1.807) is 5.38 Å². The van der Waals surface area contributed by atoms with Crippen LogP contribution in [0.5, 0.6) is 0 Å². The summed E-state index contributed by atoms with van der Waals surface area (Å²) in [6.07, 6.45) is 3.68. The second-order valence-electron chi connectivity index (χ2n) is 15.1. The average Bonchev–Trinajstić information content (AvgIpc) is 3.93. The standard InChI is InChI=1S/C43H46N6O7S2/c1-2-49(23-13-14-24-49)26-29-28-58(54)40-36(39(51)48(40)37(29)41(52)53)45-38(50)35(47-56-34-22-12-15-25-55-34)33-27-57-42(44-33)46-43(30-16-6-3-7-17-30,31-18-8-4-9-19-31)32-20-10-5-11-21-32/h3-11,16-21,27,34,36,40H,2,12-15,22-26,28H2,1H3,(H2-,44,45,46,50,52,53)/t34?,36?,40-,58?/m0/s1. The van der Waals surface area contributed by atoms with Crippen LogP contribution in [0.15, 0.2) is 113 Å².